The van der Waals surface area contributed by atoms with Gasteiger partial charge in [-0.1, -0.05) is 64.6 Å². The van der Waals surface area contributed by atoms with Gasteiger partial charge in [-0.3, -0.25) is 13.9 Å². The van der Waals surface area contributed by atoms with Crippen LogP contribution in [0.4, 0.5) is 5.69 Å². The molecule has 11 heteroatoms. The number of carbonyl (C=O) groups is 2. The van der Waals surface area contributed by atoms with E-state index in [9.17, 15) is 18.0 Å². The predicted octanol–water partition coefficient (Wildman–Crippen LogP) is 6.40. The Morgan fingerprint density at radius 3 is 2.15 bits per heavy atom. The molecule has 3 aromatic carbocycles. The summed E-state index contributed by atoms with van der Waals surface area (Å²) in [6, 6.07) is 15.0. The zero-order chi connectivity index (χ0) is 29.8. The molecule has 0 radical (unpaired) electrons. The highest BCUT2D eigenvalue weighted by Crippen LogP contribution is 2.31. The summed E-state index contributed by atoms with van der Waals surface area (Å²) in [6.07, 6.45) is 0. The molecule has 7 nitrogen and oxygen atoms in total. The molecule has 0 fully saturated rings. The van der Waals surface area contributed by atoms with Gasteiger partial charge in [0.25, 0.3) is 10.0 Å². The van der Waals surface area contributed by atoms with Gasteiger partial charge >= 0.3 is 0 Å². The normalized spacial score (nSPS) is 12.2. The Morgan fingerprint density at radius 1 is 0.900 bits per heavy atom. The van der Waals surface area contributed by atoms with Crippen LogP contribution in [0.1, 0.15) is 37.5 Å². The Bertz CT molecular complexity index is 1490. The molecule has 3 aromatic rings. The Morgan fingerprint density at radius 2 is 1.55 bits per heavy atom. The SMILES string of the molecule is Cc1ccc(S(=O)(=O)N(CC(=O)N(Cc2ccc(Cl)cc2Cl)[C@@H](C)C(=O)NC(C)C)c2cccc(Cl)c2C)cc1. The molecule has 0 spiro atoms. The molecule has 0 heterocycles. The van der Waals surface area contributed by atoms with E-state index in [4.69, 9.17) is 34.8 Å². The highest BCUT2D eigenvalue weighted by Gasteiger charge is 2.33. The lowest BCUT2D eigenvalue weighted by Gasteiger charge is -2.33. The molecule has 1 N–H and O–H groups in total. The molecule has 0 saturated carbocycles. The first kappa shape index (κ1) is 31.7. The van der Waals surface area contributed by atoms with Gasteiger partial charge in [0.2, 0.25) is 11.8 Å². The molecular weight excluding hydrogens is 593 g/mol. The van der Waals surface area contributed by atoms with Gasteiger partial charge in [0.1, 0.15) is 12.6 Å². The van der Waals surface area contributed by atoms with E-state index in [0.29, 0.717) is 26.2 Å². The Balaban J connectivity index is 2.10. The molecule has 0 saturated heterocycles. The van der Waals surface area contributed by atoms with Crippen LogP contribution in [-0.2, 0) is 26.2 Å². The number of aryl methyl sites for hydroxylation is 1. The van der Waals surface area contributed by atoms with E-state index in [-0.39, 0.29) is 29.1 Å². The Hall–Kier alpha value is -2.78. The highest BCUT2D eigenvalue weighted by molar-refractivity contribution is 7.92. The summed E-state index contributed by atoms with van der Waals surface area (Å²) in [5.74, 6) is -0.993. The number of nitrogens with zero attached hydrogens (tertiary/aromatic N) is 2. The molecule has 1 atom stereocenters. The van der Waals surface area contributed by atoms with Gasteiger partial charge < -0.3 is 10.2 Å². The monoisotopic (exact) mass is 623 g/mol. The quantitative estimate of drug-likeness (QED) is 0.283. The Labute approximate surface area is 251 Å². The maximum Gasteiger partial charge on any atom is 0.264 e. The fourth-order valence-corrected chi connectivity index (χ4v) is 6.15. The maximum absolute atomic E-state index is 14.0. The lowest BCUT2D eigenvalue weighted by Crippen LogP contribution is -2.52. The van der Waals surface area contributed by atoms with Crippen LogP contribution in [0, 0.1) is 13.8 Å². The summed E-state index contributed by atoms with van der Waals surface area (Å²) in [5.41, 5.74) is 2.18. The van der Waals surface area contributed by atoms with Crippen LogP contribution in [0.15, 0.2) is 65.6 Å². The van der Waals surface area contributed by atoms with Crippen LogP contribution in [0.25, 0.3) is 0 Å². The maximum atomic E-state index is 14.0. The topological polar surface area (TPSA) is 86.8 Å². The van der Waals surface area contributed by atoms with Crippen molar-refractivity contribution in [3.05, 3.63) is 92.4 Å². The standard InChI is InChI=1S/C29H32Cl3N3O4S/c1-18(2)33-29(37)21(5)34(16-22-11-12-23(30)15-26(22)32)28(36)17-35(27-8-6-7-25(31)20(27)4)40(38,39)24-13-9-19(3)10-14-24/h6-15,18,21H,16-17H2,1-5H3,(H,33,37)/t21-/m0/s1. The van der Waals surface area contributed by atoms with Crippen molar-refractivity contribution in [3.63, 3.8) is 0 Å². The van der Waals surface area contributed by atoms with Gasteiger partial charge in [0, 0.05) is 27.7 Å². The third-order valence-corrected chi connectivity index (χ3v) is 9.12. The lowest BCUT2D eigenvalue weighted by atomic mass is 10.1. The van der Waals surface area contributed by atoms with Gasteiger partial charge in [0.05, 0.1) is 10.6 Å². The van der Waals surface area contributed by atoms with Gasteiger partial charge in [-0.15, -0.1) is 0 Å². The number of nitrogens with one attached hydrogen (secondary N) is 1. The second-order valence-electron chi connectivity index (χ2n) is 9.81. The molecule has 0 bridgehead atoms. The summed E-state index contributed by atoms with van der Waals surface area (Å²) < 4.78 is 29.0. The van der Waals surface area contributed by atoms with Crippen molar-refractivity contribution < 1.29 is 18.0 Å². The summed E-state index contributed by atoms with van der Waals surface area (Å²) in [5, 5.41) is 3.90. The van der Waals surface area contributed by atoms with Crippen molar-refractivity contribution >= 4 is 62.3 Å². The second-order valence-corrected chi connectivity index (χ2v) is 12.9. The largest absolute Gasteiger partial charge is 0.352 e. The van der Waals surface area contributed by atoms with E-state index < -0.39 is 28.5 Å². The van der Waals surface area contributed by atoms with Gasteiger partial charge in [-0.25, -0.2) is 8.42 Å². The smallest absolute Gasteiger partial charge is 0.264 e. The zero-order valence-corrected chi connectivity index (χ0v) is 26.0. The molecule has 0 aromatic heterocycles. The molecule has 2 amide bonds. The van der Waals surface area contributed by atoms with Gasteiger partial charge in [-0.05, 0) is 82.1 Å². The van der Waals surface area contributed by atoms with Crippen molar-refractivity contribution in [2.45, 2.75) is 58.1 Å². The van der Waals surface area contributed by atoms with Gasteiger partial charge in [-0.2, -0.15) is 0 Å². The minimum Gasteiger partial charge on any atom is -0.352 e. The predicted molar refractivity (Wildman–Crippen MR) is 162 cm³/mol. The van der Waals surface area contributed by atoms with Crippen molar-refractivity contribution in [2.24, 2.45) is 0 Å². The number of carbonyl (C=O) groups excluding carboxylic acids is 2. The van der Waals surface area contributed by atoms with E-state index in [1.54, 1.807) is 62.4 Å². The van der Waals surface area contributed by atoms with Crippen molar-refractivity contribution in [3.8, 4) is 0 Å². The minimum atomic E-state index is -4.21. The first-order valence-corrected chi connectivity index (χ1v) is 15.2. The molecule has 0 aliphatic heterocycles. The third kappa shape index (κ3) is 7.49. The summed E-state index contributed by atoms with van der Waals surface area (Å²) in [7, 11) is -4.21. The van der Waals surface area contributed by atoms with E-state index in [2.05, 4.69) is 5.32 Å². The van der Waals surface area contributed by atoms with Crippen LogP contribution >= 0.6 is 34.8 Å². The van der Waals surface area contributed by atoms with Gasteiger partial charge in [0.15, 0.2) is 0 Å². The number of hydrogen-bond acceptors (Lipinski definition) is 4. The molecule has 214 valence electrons. The van der Waals surface area contributed by atoms with Crippen molar-refractivity contribution in [2.75, 3.05) is 10.8 Å². The molecule has 0 aliphatic rings. The Kier molecular flexibility index (Phi) is 10.5. The first-order chi connectivity index (χ1) is 18.7. The number of anilines is 1. The molecule has 40 heavy (non-hydrogen) atoms. The highest BCUT2D eigenvalue weighted by atomic mass is 35.5. The van der Waals surface area contributed by atoms with Crippen LogP contribution in [0.5, 0.6) is 0 Å². The van der Waals surface area contributed by atoms with Crippen LogP contribution in [0.3, 0.4) is 0 Å². The zero-order valence-electron chi connectivity index (χ0n) is 22.9. The number of amides is 2. The lowest BCUT2D eigenvalue weighted by molar-refractivity contribution is -0.139. The summed E-state index contributed by atoms with van der Waals surface area (Å²) in [4.78, 5) is 28.4. The van der Waals surface area contributed by atoms with E-state index in [1.807, 2.05) is 20.8 Å². The molecule has 0 unspecified atom stereocenters. The van der Waals surface area contributed by atoms with E-state index >= 15 is 0 Å². The van der Waals surface area contributed by atoms with Crippen LogP contribution in [-0.4, -0.2) is 43.8 Å². The van der Waals surface area contributed by atoms with Crippen molar-refractivity contribution in [1.82, 2.24) is 10.2 Å². The number of sulfonamides is 1. The average Bonchev–Trinajstić information content (AvgIpc) is 2.88. The molecule has 3 rings (SSSR count). The summed E-state index contributed by atoms with van der Waals surface area (Å²) in [6.45, 7) is 8.11. The number of hydrogen-bond donors (Lipinski definition) is 1. The average molecular weight is 625 g/mol. The fraction of sp³-hybridized carbons (Fsp3) is 0.310. The van der Waals surface area contributed by atoms with E-state index in [1.165, 1.54) is 17.0 Å². The number of rotatable bonds is 10. The van der Waals surface area contributed by atoms with E-state index in [0.717, 1.165) is 9.87 Å². The van der Waals surface area contributed by atoms with Crippen molar-refractivity contribution in [1.29, 1.82) is 0 Å². The molecule has 0 aliphatic carbocycles. The number of benzene rings is 3. The first-order valence-electron chi connectivity index (χ1n) is 12.6. The minimum absolute atomic E-state index is 0.0168. The number of halogens is 3. The van der Waals surface area contributed by atoms with Crippen LogP contribution in [0.2, 0.25) is 15.1 Å². The second kappa shape index (κ2) is 13.3. The third-order valence-electron chi connectivity index (χ3n) is 6.35. The van der Waals surface area contributed by atoms with Crippen LogP contribution < -0.4 is 9.62 Å². The molecular formula is C29H32Cl3N3O4S. The fourth-order valence-electron chi connectivity index (χ4n) is 4.04. The summed E-state index contributed by atoms with van der Waals surface area (Å²) >= 11 is 18.8.